The first-order chi connectivity index (χ1) is 6.19. The Morgan fingerprint density at radius 2 is 2.21 bits per heavy atom. The number of halogens is 1. The van der Waals surface area contributed by atoms with Crippen LogP contribution in [0.1, 0.15) is 33.1 Å². The Kier molecular flexibility index (Phi) is 6.12. The van der Waals surface area contributed by atoms with Crippen LogP contribution in [0.5, 0.6) is 0 Å². The molecule has 3 unspecified atom stereocenters. The molecule has 4 heteroatoms. The molecule has 3 atom stereocenters. The van der Waals surface area contributed by atoms with Crippen molar-refractivity contribution in [1.29, 1.82) is 0 Å². The van der Waals surface area contributed by atoms with Crippen LogP contribution in [0.25, 0.3) is 0 Å². The van der Waals surface area contributed by atoms with Gasteiger partial charge in [-0.3, -0.25) is 4.79 Å². The van der Waals surface area contributed by atoms with E-state index >= 15 is 0 Å². The van der Waals surface area contributed by atoms with Gasteiger partial charge in [0.05, 0.1) is 12.5 Å². The van der Waals surface area contributed by atoms with Gasteiger partial charge in [0.1, 0.15) is 0 Å². The molecular weight excluding hydrogens is 202 g/mol. The molecule has 0 amide bonds. The van der Waals surface area contributed by atoms with Crippen molar-refractivity contribution in [3.05, 3.63) is 0 Å². The second-order valence-electron chi connectivity index (χ2n) is 3.76. The summed E-state index contributed by atoms with van der Waals surface area (Å²) in [5.41, 5.74) is 5.80. The van der Waals surface area contributed by atoms with Gasteiger partial charge in [0.2, 0.25) is 0 Å². The lowest BCUT2D eigenvalue weighted by Gasteiger charge is -2.06. The Bertz CT molecular complexity index is 187. The number of ether oxygens (including phenoxy) is 1. The van der Waals surface area contributed by atoms with Gasteiger partial charge in [-0.2, -0.15) is 0 Å². The maximum atomic E-state index is 11.2. The first-order valence-corrected chi connectivity index (χ1v) is 5.11. The third-order valence-electron chi connectivity index (χ3n) is 2.64. The lowest BCUT2D eigenvalue weighted by molar-refractivity contribution is -0.145. The quantitative estimate of drug-likeness (QED) is 0.720. The summed E-state index contributed by atoms with van der Waals surface area (Å²) in [5.74, 6) is 0.613. The lowest BCUT2D eigenvalue weighted by Crippen LogP contribution is -2.20. The summed E-state index contributed by atoms with van der Waals surface area (Å²) in [5, 5.41) is 0. The van der Waals surface area contributed by atoms with E-state index in [0.717, 1.165) is 19.3 Å². The van der Waals surface area contributed by atoms with Crippen molar-refractivity contribution in [2.24, 2.45) is 17.6 Å². The van der Waals surface area contributed by atoms with Gasteiger partial charge in [-0.05, 0) is 32.1 Å². The van der Waals surface area contributed by atoms with Gasteiger partial charge in [0.25, 0.3) is 0 Å². The maximum absolute atomic E-state index is 11.2. The molecule has 3 nitrogen and oxygen atoms in total. The van der Waals surface area contributed by atoms with Crippen LogP contribution in [0.4, 0.5) is 0 Å². The third kappa shape index (κ3) is 3.84. The molecule has 2 N–H and O–H groups in total. The number of rotatable bonds is 5. The van der Waals surface area contributed by atoms with Crippen molar-refractivity contribution in [1.82, 2.24) is 0 Å². The third-order valence-corrected chi connectivity index (χ3v) is 2.64. The number of nitrogens with two attached hydrogens (primary N) is 1. The molecule has 1 fully saturated rings. The average molecular weight is 222 g/mol. The minimum Gasteiger partial charge on any atom is -0.466 e. The van der Waals surface area contributed by atoms with Crippen molar-refractivity contribution in [2.75, 3.05) is 6.61 Å². The second kappa shape index (κ2) is 6.25. The van der Waals surface area contributed by atoms with E-state index in [-0.39, 0.29) is 30.3 Å². The predicted molar refractivity (Wildman–Crippen MR) is 58.4 cm³/mol. The average Bonchev–Trinajstić information content (AvgIpc) is 2.84. The minimum atomic E-state index is -0.0317. The summed E-state index contributed by atoms with van der Waals surface area (Å²) >= 11 is 0. The van der Waals surface area contributed by atoms with E-state index in [0.29, 0.717) is 12.5 Å². The topological polar surface area (TPSA) is 52.3 Å². The molecule has 0 aromatic carbocycles. The molecule has 0 aliphatic heterocycles. The van der Waals surface area contributed by atoms with Gasteiger partial charge >= 0.3 is 5.97 Å². The van der Waals surface area contributed by atoms with E-state index in [9.17, 15) is 4.79 Å². The molecule has 0 saturated heterocycles. The van der Waals surface area contributed by atoms with Crippen LogP contribution in [0.3, 0.4) is 0 Å². The Morgan fingerprint density at radius 3 is 2.71 bits per heavy atom. The Balaban J connectivity index is 0.00000169. The van der Waals surface area contributed by atoms with Crippen molar-refractivity contribution in [2.45, 2.75) is 39.2 Å². The van der Waals surface area contributed by atoms with E-state index in [1.165, 1.54) is 0 Å². The van der Waals surface area contributed by atoms with Gasteiger partial charge in [0.15, 0.2) is 0 Å². The summed E-state index contributed by atoms with van der Waals surface area (Å²) in [4.78, 5) is 11.2. The Labute approximate surface area is 91.8 Å². The van der Waals surface area contributed by atoms with Crippen LogP contribution in [0.2, 0.25) is 0 Å². The van der Waals surface area contributed by atoms with Gasteiger partial charge < -0.3 is 10.5 Å². The standard InChI is InChI=1S/C10H19NO2.ClH/c1-3-8(11)5-7-6-9(7)10(12)13-4-2;/h7-9H,3-6,11H2,1-2H3;1H. The highest BCUT2D eigenvalue weighted by atomic mass is 35.5. The Morgan fingerprint density at radius 1 is 1.57 bits per heavy atom. The number of carbonyl (C=O) groups excluding carboxylic acids is 1. The highest BCUT2D eigenvalue weighted by Gasteiger charge is 2.44. The van der Waals surface area contributed by atoms with E-state index in [4.69, 9.17) is 10.5 Å². The fraction of sp³-hybridized carbons (Fsp3) is 0.900. The number of hydrogen-bond acceptors (Lipinski definition) is 3. The molecule has 1 aliphatic carbocycles. The second-order valence-corrected chi connectivity index (χ2v) is 3.76. The van der Waals surface area contributed by atoms with Crippen LogP contribution < -0.4 is 5.73 Å². The van der Waals surface area contributed by atoms with E-state index in [1.54, 1.807) is 0 Å². The van der Waals surface area contributed by atoms with Crippen molar-refractivity contribution >= 4 is 18.4 Å². The minimum absolute atomic E-state index is 0. The fourth-order valence-corrected chi connectivity index (χ4v) is 1.60. The van der Waals surface area contributed by atoms with Crippen LogP contribution in [-0.2, 0) is 9.53 Å². The summed E-state index contributed by atoms with van der Waals surface area (Å²) < 4.78 is 4.93. The van der Waals surface area contributed by atoms with Crippen LogP contribution >= 0.6 is 12.4 Å². The van der Waals surface area contributed by atoms with Gasteiger partial charge in [-0.1, -0.05) is 6.92 Å². The monoisotopic (exact) mass is 221 g/mol. The first-order valence-electron chi connectivity index (χ1n) is 5.11. The maximum Gasteiger partial charge on any atom is 0.309 e. The molecular formula is C10H20ClNO2. The molecule has 0 radical (unpaired) electrons. The molecule has 0 heterocycles. The van der Waals surface area contributed by atoms with Crippen molar-refractivity contribution in [3.63, 3.8) is 0 Å². The molecule has 0 spiro atoms. The molecule has 1 saturated carbocycles. The van der Waals surface area contributed by atoms with Gasteiger partial charge in [-0.25, -0.2) is 0 Å². The van der Waals surface area contributed by atoms with E-state index in [1.807, 2.05) is 6.92 Å². The van der Waals surface area contributed by atoms with Gasteiger partial charge in [0, 0.05) is 6.04 Å². The summed E-state index contributed by atoms with van der Waals surface area (Å²) in [6, 6.07) is 0.254. The summed E-state index contributed by atoms with van der Waals surface area (Å²) in [6.45, 7) is 4.40. The molecule has 84 valence electrons. The summed E-state index contributed by atoms with van der Waals surface area (Å²) in [6.07, 6.45) is 2.94. The van der Waals surface area contributed by atoms with Crippen molar-refractivity contribution in [3.8, 4) is 0 Å². The van der Waals surface area contributed by atoms with E-state index < -0.39 is 0 Å². The number of esters is 1. The highest BCUT2D eigenvalue weighted by Crippen LogP contribution is 2.42. The van der Waals surface area contributed by atoms with Crippen LogP contribution in [-0.4, -0.2) is 18.6 Å². The largest absolute Gasteiger partial charge is 0.466 e. The smallest absolute Gasteiger partial charge is 0.309 e. The lowest BCUT2D eigenvalue weighted by atomic mass is 10.1. The van der Waals surface area contributed by atoms with Crippen molar-refractivity contribution < 1.29 is 9.53 Å². The van der Waals surface area contributed by atoms with Gasteiger partial charge in [-0.15, -0.1) is 12.4 Å². The summed E-state index contributed by atoms with van der Waals surface area (Å²) in [7, 11) is 0. The normalized spacial score (nSPS) is 26.2. The molecule has 1 aliphatic rings. The van der Waals surface area contributed by atoms with E-state index in [2.05, 4.69) is 6.92 Å². The number of carbonyl (C=O) groups is 1. The molecule has 0 aromatic heterocycles. The molecule has 0 aromatic rings. The van der Waals surface area contributed by atoms with Crippen LogP contribution in [0, 0.1) is 11.8 Å². The van der Waals surface area contributed by atoms with Crippen LogP contribution in [0.15, 0.2) is 0 Å². The zero-order valence-electron chi connectivity index (χ0n) is 8.86. The number of hydrogen-bond donors (Lipinski definition) is 1. The molecule has 14 heavy (non-hydrogen) atoms. The zero-order valence-corrected chi connectivity index (χ0v) is 9.68. The fourth-order valence-electron chi connectivity index (χ4n) is 1.60. The molecule has 1 rings (SSSR count). The highest BCUT2D eigenvalue weighted by molar-refractivity contribution is 5.85. The molecule has 0 bridgehead atoms. The zero-order chi connectivity index (χ0) is 9.84. The first kappa shape index (κ1) is 13.7. The Hall–Kier alpha value is -0.280. The predicted octanol–water partition coefficient (Wildman–Crippen LogP) is 1.73. The SMILES string of the molecule is CCOC(=O)C1CC1CC(N)CC.Cl.